The zero-order chi connectivity index (χ0) is 15.2. The molecular formula is C15H16BrNO3S. The van der Waals surface area contributed by atoms with E-state index in [2.05, 4.69) is 32.3 Å². The van der Waals surface area contributed by atoms with Gasteiger partial charge in [0.15, 0.2) is 0 Å². The lowest BCUT2D eigenvalue weighted by Crippen LogP contribution is -2.23. The summed E-state index contributed by atoms with van der Waals surface area (Å²) in [6.07, 6.45) is 0. The van der Waals surface area contributed by atoms with Gasteiger partial charge in [-0.15, -0.1) is 11.3 Å². The molecule has 21 heavy (non-hydrogen) atoms. The molecule has 0 atom stereocenters. The Morgan fingerprint density at radius 3 is 2.67 bits per heavy atom. The number of aromatic carboxylic acids is 1. The lowest BCUT2D eigenvalue weighted by atomic mass is 10.2. The molecule has 0 aliphatic rings. The summed E-state index contributed by atoms with van der Waals surface area (Å²) in [6, 6.07) is 8.57. The molecule has 4 nitrogen and oxygen atoms in total. The number of halogens is 1. The third-order valence-corrected chi connectivity index (χ3v) is 4.57. The van der Waals surface area contributed by atoms with E-state index >= 15 is 0 Å². The molecule has 1 heterocycles. The maximum absolute atomic E-state index is 10.7. The zero-order valence-corrected chi connectivity index (χ0v) is 14.0. The number of benzene rings is 1. The third kappa shape index (κ3) is 5.15. The van der Waals surface area contributed by atoms with E-state index < -0.39 is 5.97 Å². The Balaban J connectivity index is 1.74. The Hall–Kier alpha value is -1.37. The van der Waals surface area contributed by atoms with Gasteiger partial charge in [0.1, 0.15) is 12.4 Å². The van der Waals surface area contributed by atoms with Crippen molar-refractivity contribution < 1.29 is 14.6 Å². The molecule has 2 aromatic rings. The molecule has 0 aliphatic carbocycles. The van der Waals surface area contributed by atoms with Crippen molar-refractivity contribution in [1.29, 1.82) is 0 Å². The van der Waals surface area contributed by atoms with Crippen LogP contribution in [0.25, 0.3) is 0 Å². The van der Waals surface area contributed by atoms with Crippen LogP contribution in [0.3, 0.4) is 0 Å². The Morgan fingerprint density at radius 1 is 1.38 bits per heavy atom. The van der Waals surface area contributed by atoms with Crippen molar-refractivity contribution in [3.63, 3.8) is 0 Å². The van der Waals surface area contributed by atoms with Crippen molar-refractivity contribution in [3.05, 3.63) is 50.6 Å². The average molecular weight is 370 g/mol. The summed E-state index contributed by atoms with van der Waals surface area (Å²) in [5.41, 5.74) is 0.266. The summed E-state index contributed by atoms with van der Waals surface area (Å²) in [7, 11) is 2.05. The van der Waals surface area contributed by atoms with Crippen molar-refractivity contribution in [2.24, 2.45) is 0 Å². The first-order chi connectivity index (χ1) is 10.0. The highest BCUT2D eigenvalue weighted by Gasteiger charge is 2.05. The number of ether oxygens (including phenoxy) is 1. The van der Waals surface area contributed by atoms with Crippen LogP contribution in [0.2, 0.25) is 0 Å². The highest BCUT2D eigenvalue weighted by Crippen LogP contribution is 2.20. The standard InChI is InChI=1S/C15H16BrNO3S/c1-17(9-14-8-12(16)10-21-14)6-7-20-13-4-2-11(3-5-13)15(18)19/h2-5,8,10H,6-7,9H2,1H3,(H,18,19). The summed E-state index contributed by atoms with van der Waals surface area (Å²) in [5, 5.41) is 10.9. The van der Waals surface area contributed by atoms with Gasteiger partial charge in [-0.3, -0.25) is 4.90 Å². The number of hydrogen-bond donors (Lipinski definition) is 1. The van der Waals surface area contributed by atoms with Gasteiger partial charge in [0.2, 0.25) is 0 Å². The Kier molecular flexibility index (Phi) is 5.78. The van der Waals surface area contributed by atoms with Crippen LogP contribution in [-0.4, -0.2) is 36.2 Å². The number of carboxylic acids is 1. The third-order valence-electron chi connectivity index (χ3n) is 2.89. The second-order valence-electron chi connectivity index (χ2n) is 4.65. The smallest absolute Gasteiger partial charge is 0.335 e. The first-order valence-corrected chi connectivity index (χ1v) is 8.09. The largest absolute Gasteiger partial charge is 0.492 e. The quantitative estimate of drug-likeness (QED) is 0.807. The van der Waals surface area contributed by atoms with Crippen LogP contribution in [0.5, 0.6) is 5.75 Å². The van der Waals surface area contributed by atoms with Crippen LogP contribution < -0.4 is 4.74 Å². The van der Waals surface area contributed by atoms with Gasteiger partial charge < -0.3 is 9.84 Å². The van der Waals surface area contributed by atoms with Crippen LogP contribution >= 0.6 is 27.3 Å². The fourth-order valence-corrected chi connectivity index (χ4v) is 3.33. The first-order valence-electron chi connectivity index (χ1n) is 6.42. The lowest BCUT2D eigenvalue weighted by molar-refractivity contribution is 0.0697. The summed E-state index contributed by atoms with van der Waals surface area (Å²) in [6.45, 7) is 2.25. The molecule has 0 saturated carbocycles. The van der Waals surface area contributed by atoms with Gasteiger partial charge in [-0.2, -0.15) is 0 Å². The molecule has 0 fully saturated rings. The molecule has 1 aromatic carbocycles. The second kappa shape index (κ2) is 7.59. The van der Waals surface area contributed by atoms with E-state index in [1.54, 1.807) is 35.6 Å². The molecule has 0 aliphatic heterocycles. The minimum atomic E-state index is -0.927. The average Bonchev–Trinajstić information content (AvgIpc) is 2.84. The summed E-state index contributed by atoms with van der Waals surface area (Å²) in [5.74, 6) is -0.240. The molecule has 112 valence electrons. The SMILES string of the molecule is CN(CCOc1ccc(C(=O)O)cc1)Cc1cc(Br)cs1. The minimum absolute atomic E-state index is 0.266. The van der Waals surface area contributed by atoms with E-state index in [0.717, 1.165) is 17.6 Å². The second-order valence-corrected chi connectivity index (χ2v) is 6.56. The number of thiophene rings is 1. The predicted molar refractivity (Wildman–Crippen MR) is 87.2 cm³/mol. The normalized spacial score (nSPS) is 10.8. The Bertz CT molecular complexity index is 597. The number of nitrogens with zero attached hydrogens (tertiary/aromatic N) is 1. The Labute approximate surface area is 136 Å². The van der Waals surface area contributed by atoms with Gasteiger partial charge in [-0.25, -0.2) is 4.79 Å². The molecule has 0 radical (unpaired) electrons. The number of rotatable bonds is 7. The summed E-state index contributed by atoms with van der Waals surface area (Å²) < 4.78 is 6.73. The van der Waals surface area contributed by atoms with E-state index in [9.17, 15) is 4.79 Å². The molecule has 6 heteroatoms. The van der Waals surface area contributed by atoms with Crippen molar-refractivity contribution >= 4 is 33.2 Å². The molecule has 0 spiro atoms. The van der Waals surface area contributed by atoms with Gasteiger partial charge in [-0.1, -0.05) is 0 Å². The monoisotopic (exact) mass is 369 g/mol. The molecule has 0 saturated heterocycles. The van der Waals surface area contributed by atoms with Crippen LogP contribution in [0.4, 0.5) is 0 Å². The zero-order valence-electron chi connectivity index (χ0n) is 11.6. The van der Waals surface area contributed by atoms with Gasteiger partial charge in [0.05, 0.1) is 5.56 Å². The van der Waals surface area contributed by atoms with Gasteiger partial charge >= 0.3 is 5.97 Å². The molecular weight excluding hydrogens is 354 g/mol. The lowest BCUT2D eigenvalue weighted by Gasteiger charge is -2.16. The minimum Gasteiger partial charge on any atom is -0.492 e. The predicted octanol–water partition coefficient (Wildman–Crippen LogP) is 3.72. The van der Waals surface area contributed by atoms with Crippen LogP contribution in [0, 0.1) is 0 Å². The van der Waals surface area contributed by atoms with E-state index in [1.165, 1.54) is 4.88 Å². The fraction of sp³-hybridized carbons (Fsp3) is 0.267. The number of hydrogen-bond acceptors (Lipinski definition) is 4. The van der Waals surface area contributed by atoms with E-state index in [1.807, 2.05) is 7.05 Å². The summed E-state index contributed by atoms with van der Waals surface area (Å²) in [4.78, 5) is 14.2. The van der Waals surface area contributed by atoms with E-state index in [-0.39, 0.29) is 5.56 Å². The van der Waals surface area contributed by atoms with Crippen molar-refractivity contribution in [3.8, 4) is 5.75 Å². The number of carboxylic acid groups (broad SMARTS) is 1. The molecule has 0 amide bonds. The maximum Gasteiger partial charge on any atom is 0.335 e. The van der Waals surface area contributed by atoms with Gasteiger partial charge in [-0.05, 0) is 53.3 Å². The van der Waals surface area contributed by atoms with E-state index in [4.69, 9.17) is 9.84 Å². The molecule has 1 aromatic heterocycles. The highest BCUT2D eigenvalue weighted by molar-refractivity contribution is 9.10. The van der Waals surface area contributed by atoms with Crippen molar-refractivity contribution in [2.45, 2.75) is 6.54 Å². The number of carbonyl (C=O) groups is 1. The molecule has 0 unspecified atom stereocenters. The fourth-order valence-electron chi connectivity index (χ4n) is 1.79. The van der Waals surface area contributed by atoms with Crippen molar-refractivity contribution in [1.82, 2.24) is 4.90 Å². The molecule has 1 N–H and O–H groups in total. The maximum atomic E-state index is 10.7. The van der Waals surface area contributed by atoms with Gasteiger partial charge in [0.25, 0.3) is 0 Å². The Morgan fingerprint density at radius 2 is 2.10 bits per heavy atom. The first kappa shape index (κ1) is 16.0. The topological polar surface area (TPSA) is 49.8 Å². The van der Waals surface area contributed by atoms with Crippen LogP contribution in [0.15, 0.2) is 40.2 Å². The van der Waals surface area contributed by atoms with Gasteiger partial charge in [0, 0.05) is 27.8 Å². The van der Waals surface area contributed by atoms with Crippen LogP contribution in [-0.2, 0) is 6.54 Å². The molecule has 0 bridgehead atoms. The van der Waals surface area contributed by atoms with Crippen LogP contribution in [0.1, 0.15) is 15.2 Å². The van der Waals surface area contributed by atoms with E-state index in [0.29, 0.717) is 12.4 Å². The summed E-state index contributed by atoms with van der Waals surface area (Å²) >= 11 is 5.17. The van der Waals surface area contributed by atoms with Crippen molar-refractivity contribution in [2.75, 3.05) is 20.2 Å². The highest BCUT2D eigenvalue weighted by atomic mass is 79.9. The number of likely N-dealkylation sites (N-methyl/N-ethyl adjacent to an activating group) is 1. The molecule has 2 rings (SSSR count).